The molecule has 0 amide bonds. The van der Waals surface area contributed by atoms with E-state index in [0.717, 1.165) is 35.1 Å². The zero-order valence-corrected chi connectivity index (χ0v) is 23.8. The predicted octanol–water partition coefficient (Wildman–Crippen LogP) is 3.67. The van der Waals surface area contributed by atoms with Crippen LogP contribution in [0.3, 0.4) is 0 Å². The van der Waals surface area contributed by atoms with Gasteiger partial charge in [0.2, 0.25) is 0 Å². The topological polar surface area (TPSA) is 169 Å². The molecule has 0 bridgehead atoms. The maximum Gasteiger partial charge on any atom is 0.358 e. The Morgan fingerprint density at radius 1 is 1.12 bits per heavy atom. The highest BCUT2D eigenvalue weighted by molar-refractivity contribution is 6.32. The molecule has 0 saturated carbocycles. The molecule has 43 heavy (non-hydrogen) atoms. The van der Waals surface area contributed by atoms with Crippen LogP contribution in [0.2, 0.25) is 5.15 Å². The van der Waals surface area contributed by atoms with Gasteiger partial charge in [-0.3, -0.25) is 0 Å². The first-order valence-electron chi connectivity index (χ1n) is 13.9. The highest BCUT2D eigenvalue weighted by atomic mass is 35.5. The largest absolute Gasteiger partial charge is 0.452 e. The van der Waals surface area contributed by atoms with Gasteiger partial charge in [0.25, 0.3) is 5.09 Å². The second-order valence-electron chi connectivity index (χ2n) is 10.3. The predicted molar refractivity (Wildman–Crippen MR) is 151 cm³/mol. The number of imidazole rings is 1. The number of rotatable bonds is 11. The van der Waals surface area contributed by atoms with E-state index in [1.807, 2.05) is 48.5 Å². The Balaban J connectivity index is 1.23. The molecular formula is C28H28ClN7O7. The van der Waals surface area contributed by atoms with E-state index in [-0.39, 0.29) is 24.1 Å². The first-order valence-corrected chi connectivity index (χ1v) is 14.2. The van der Waals surface area contributed by atoms with Gasteiger partial charge in [0.1, 0.15) is 18.0 Å². The molecule has 4 aromatic rings. The van der Waals surface area contributed by atoms with Crippen LogP contribution in [-0.4, -0.2) is 78.9 Å². The Bertz CT molecular complexity index is 1600. The van der Waals surface area contributed by atoms with Crippen molar-refractivity contribution in [3.8, 4) is 22.5 Å². The van der Waals surface area contributed by atoms with Crippen molar-refractivity contribution in [3.05, 3.63) is 80.9 Å². The van der Waals surface area contributed by atoms with Crippen LogP contribution in [0.25, 0.3) is 22.5 Å². The number of benzene rings is 2. The summed E-state index contributed by atoms with van der Waals surface area (Å²) in [6, 6.07) is 15.8. The third-order valence-corrected chi connectivity index (χ3v) is 7.79. The van der Waals surface area contributed by atoms with Crippen molar-refractivity contribution in [1.82, 2.24) is 30.2 Å². The number of fused-ring (bicyclic) bond motifs is 1. The summed E-state index contributed by atoms with van der Waals surface area (Å²) in [5, 5.41) is 24.2. The average Bonchev–Trinajstić information content (AvgIpc) is 3.80. The Morgan fingerprint density at radius 3 is 2.53 bits per heavy atom. The zero-order chi connectivity index (χ0) is 29.9. The highest BCUT2D eigenvalue weighted by Crippen LogP contribution is 2.33. The fourth-order valence-corrected chi connectivity index (χ4v) is 5.75. The van der Waals surface area contributed by atoms with Crippen molar-refractivity contribution in [2.24, 2.45) is 0 Å². The Hall–Kier alpha value is -4.40. The first-order chi connectivity index (χ1) is 20.9. The molecule has 2 fully saturated rings. The molecule has 2 aromatic carbocycles. The van der Waals surface area contributed by atoms with Crippen LogP contribution in [0.4, 0.5) is 0 Å². The fourth-order valence-electron chi connectivity index (χ4n) is 5.47. The SMILES string of the molecule is CCCCc1nc(Cl)c(C(=O)OC2COC3C(O[N+](=O)[O-])COC23)n1Cc1ccc(-c2ccccc2-c2nnn[nH]2)cc1. The van der Waals surface area contributed by atoms with Gasteiger partial charge in [-0.15, -0.1) is 15.2 Å². The molecule has 0 spiro atoms. The number of ether oxygens (including phenoxy) is 3. The van der Waals surface area contributed by atoms with Crippen LogP contribution >= 0.6 is 11.6 Å². The lowest BCUT2D eigenvalue weighted by atomic mass is 9.98. The molecule has 2 saturated heterocycles. The van der Waals surface area contributed by atoms with E-state index in [1.54, 1.807) is 4.57 Å². The number of aryl methyl sites for hydroxylation is 1. The molecule has 4 atom stereocenters. The minimum atomic E-state index is -0.888. The van der Waals surface area contributed by atoms with Crippen LogP contribution in [0.5, 0.6) is 0 Å². The van der Waals surface area contributed by atoms with Crippen molar-refractivity contribution < 1.29 is 28.9 Å². The lowest BCUT2D eigenvalue weighted by Gasteiger charge is -2.18. The van der Waals surface area contributed by atoms with Crippen LogP contribution < -0.4 is 0 Å². The minimum absolute atomic E-state index is 0.0140. The van der Waals surface area contributed by atoms with Gasteiger partial charge >= 0.3 is 5.97 Å². The van der Waals surface area contributed by atoms with Crippen molar-refractivity contribution in [2.45, 2.75) is 57.1 Å². The third kappa shape index (κ3) is 5.94. The standard InChI is InChI=1S/C28H28ClN7O7/c1-2-3-8-22-30-26(29)23(28(37)42-20-14-40-25-21(43-36(38)39)15-41-24(20)25)35(22)13-16-9-11-17(12-10-16)18-6-4-5-7-19(18)27-31-33-34-32-27/h4-7,9-12,20-21,24-25H,2-3,8,13-15H2,1H3,(H,31,32,33,34). The fraction of sp³-hybridized carbons (Fsp3) is 0.393. The summed E-state index contributed by atoms with van der Waals surface area (Å²) < 4.78 is 18.8. The quantitative estimate of drug-likeness (QED) is 0.149. The molecule has 2 aliphatic rings. The molecule has 0 aliphatic carbocycles. The number of nitrogens with one attached hydrogen (secondary N) is 1. The van der Waals surface area contributed by atoms with E-state index in [0.29, 0.717) is 24.6 Å². The molecule has 2 aromatic heterocycles. The van der Waals surface area contributed by atoms with E-state index in [9.17, 15) is 14.9 Å². The number of H-pyrrole nitrogens is 1. The molecule has 6 rings (SSSR count). The molecule has 0 radical (unpaired) electrons. The maximum atomic E-state index is 13.5. The van der Waals surface area contributed by atoms with E-state index in [4.69, 9.17) is 25.8 Å². The minimum Gasteiger partial charge on any atom is -0.452 e. The van der Waals surface area contributed by atoms with Gasteiger partial charge in [-0.25, -0.2) is 14.9 Å². The number of hydrogen-bond donors (Lipinski definition) is 1. The van der Waals surface area contributed by atoms with Crippen molar-refractivity contribution in [2.75, 3.05) is 13.2 Å². The number of carbonyl (C=O) groups excluding carboxylic acids is 1. The number of hydrogen-bond acceptors (Lipinski definition) is 11. The van der Waals surface area contributed by atoms with Gasteiger partial charge in [-0.1, -0.05) is 73.5 Å². The van der Waals surface area contributed by atoms with Gasteiger partial charge in [0.15, 0.2) is 28.9 Å². The van der Waals surface area contributed by atoms with E-state index < -0.39 is 35.5 Å². The Morgan fingerprint density at radius 2 is 1.84 bits per heavy atom. The number of halogens is 1. The normalized spacial score (nSPS) is 21.1. The number of aromatic amines is 1. The van der Waals surface area contributed by atoms with Crippen molar-refractivity contribution in [1.29, 1.82) is 0 Å². The smallest absolute Gasteiger partial charge is 0.358 e. The van der Waals surface area contributed by atoms with E-state index in [2.05, 4.69) is 37.4 Å². The second-order valence-corrected chi connectivity index (χ2v) is 10.6. The summed E-state index contributed by atoms with van der Waals surface area (Å²) in [7, 11) is 0. The number of tetrazole rings is 1. The van der Waals surface area contributed by atoms with Gasteiger partial charge in [-0.2, -0.15) is 0 Å². The summed E-state index contributed by atoms with van der Waals surface area (Å²) >= 11 is 6.53. The van der Waals surface area contributed by atoms with Crippen LogP contribution in [0.15, 0.2) is 48.5 Å². The number of aromatic nitrogens is 6. The number of esters is 1. The Labute approximate surface area is 250 Å². The summed E-state index contributed by atoms with van der Waals surface area (Å²) in [4.78, 5) is 33.5. The molecule has 15 heteroatoms. The molecule has 224 valence electrons. The third-order valence-electron chi connectivity index (χ3n) is 7.53. The van der Waals surface area contributed by atoms with Crippen LogP contribution in [0, 0.1) is 10.1 Å². The lowest BCUT2D eigenvalue weighted by molar-refractivity contribution is -0.769. The zero-order valence-electron chi connectivity index (χ0n) is 23.1. The van der Waals surface area contributed by atoms with Gasteiger partial charge in [0, 0.05) is 18.5 Å². The van der Waals surface area contributed by atoms with Crippen LogP contribution in [-0.2, 0) is 32.0 Å². The summed E-state index contributed by atoms with van der Waals surface area (Å²) in [5.41, 5.74) is 3.85. The number of nitrogens with zero attached hydrogens (tertiary/aromatic N) is 6. The molecule has 4 heterocycles. The monoisotopic (exact) mass is 609 g/mol. The number of carbonyl (C=O) groups is 1. The lowest BCUT2D eigenvalue weighted by Crippen LogP contribution is -2.36. The molecule has 14 nitrogen and oxygen atoms in total. The van der Waals surface area contributed by atoms with Gasteiger partial charge in [0.05, 0.1) is 13.2 Å². The number of unbranched alkanes of at least 4 members (excludes halogenated alkanes) is 1. The van der Waals surface area contributed by atoms with Crippen molar-refractivity contribution in [3.63, 3.8) is 0 Å². The first kappa shape index (κ1) is 28.7. The van der Waals surface area contributed by atoms with Gasteiger partial charge in [-0.05, 0) is 33.5 Å². The Kier molecular flexibility index (Phi) is 8.31. The van der Waals surface area contributed by atoms with Gasteiger partial charge < -0.3 is 23.6 Å². The van der Waals surface area contributed by atoms with E-state index in [1.165, 1.54) is 0 Å². The average molecular weight is 610 g/mol. The summed E-state index contributed by atoms with van der Waals surface area (Å²) in [6.45, 7) is 2.38. The van der Waals surface area contributed by atoms with Crippen LogP contribution in [0.1, 0.15) is 41.6 Å². The second kappa shape index (κ2) is 12.5. The summed E-state index contributed by atoms with van der Waals surface area (Å²) in [6.07, 6.45) is -0.650. The highest BCUT2D eigenvalue weighted by Gasteiger charge is 2.51. The van der Waals surface area contributed by atoms with E-state index >= 15 is 0 Å². The molecule has 4 unspecified atom stereocenters. The summed E-state index contributed by atoms with van der Waals surface area (Å²) in [5.74, 6) is 0.561. The van der Waals surface area contributed by atoms with Crippen molar-refractivity contribution >= 4 is 17.6 Å². The molecular weight excluding hydrogens is 582 g/mol. The molecule has 2 aliphatic heterocycles. The maximum absolute atomic E-state index is 13.5. The molecule has 1 N–H and O–H groups in total.